The van der Waals surface area contributed by atoms with Gasteiger partial charge < -0.3 is 20.8 Å². The van der Waals surface area contributed by atoms with Gasteiger partial charge in [0.15, 0.2) is 5.43 Å². The lowest BCUT2D eigenvalue weighted by Crippen LogP contribution is -2.31. The quantitative estimate of drug-likeness (QED) is 0.566. The second-order valence-electron chi connectivity index (χ2n) is 4.57. The molecule has 0 saturated carbocycles. The van der Waals surface area contributed by atoms with Crippen LogP contribution in [0.4, 0.5) is 5.69 Å². The normalized spacial score (nSPS) is 10.1. The van der Waals surface area contributed by atoms with Crippen LogP contribution >= 0.6 is 0 Å². The van der Waals surface area contributed by atoms with Gasteiger partial charge in [-0.05, 0) is 19.1 Å². The number of benzene rings is 1. The number of amides is 1. The van der Waals surface area contributed by atoms with Gasteiger partial charge in [-0.2, -0.15) is 0 Å². The zero-order valence-electron chi connectivity index (χ0n) is 11.7. The molecule has 0 saturated heterocycles. The summed E-state index contributed by atoms with van der Waals surface area (Å²) < 4.78 is 5.44. The maximum Gasteiger partial charge on any atom is 0.256 e. The minimum Gasteiger partial charge on any atom is -0.492 e. The molecular formula is C15H17N3O3. The van der Waals surface area contributed by atoms with Crippen LogP contribution in [-0.4, -0.2) is 24.0 Å². The van der Waals surface area contributed by atoms with E-state index in [1.165, 1.54) is 12.3 Å². The van der Waals surface area contributed by atoms with Gasteiger partial charge >= 0.3 is 0 Å². The van der Waals surface area contributed by atoms with E-state index in [0.717, 1.165) is 0 Å². The van der Waals surface area contributed by atoms with Crippen molar-refractivity contribution >= 4 is 11.6 Å². The molecule has 0 atom stereocenters. The van der Waals surface area contributed by atoms with Crippen LogP contribution < -0.4 is 21.2 Å². The van der Waals surface area contributed by atoms with Crippen molar-refractivity contribution in [2.24, 2.45) is 0 Å². The van der Waals surface area contributed by atoms with Crippen LogP contribution in [0.25, 0.3) is 0 Å². The molecule has 1 aromatic carbocycles. The van der Waals surface area contributed by atoms with Gasteiger partial charge in [0.05, 0.1) is 6.54 Å². The molecule has 2 aromatic rings. The lowest BCUT2D eigenvalue weighted by molar-refractivity contribution is 0.0945. The predicted molar refractivity (Wildman–Crippen MR) is 80.5 cm³/mol. The number of nitrogen functional groups attached to an aromatic ring is 1. The van der Waals surface area contributed by atoms with Gasteiger partial charge in [-0.3, -0.25) is 9.59 Å². The molecule has 0 aliphatic rings. The highest BCUT2D eigenvalue weighted by Crippen LogP contribution is 2.13. The molecule has 1 amide bonds. The largest absolute Gasteiger partial charge is 0.492 e. The van der Waals surface area contributed by atoms with E-state index in [1.54, 1.807) is 31.2 Å². The van der Waals surface area contributed by atoms with Gasteiger partial charge in [-0.25, -0.2) is 0 Å². The fourth-order valence-corrected chi connectivity index (χ4v) is 1.78. The van der Waals surface area contributed by atoms with Crippen molar-refractivity contribution in [1.82, 2.24) is 10.3 Å². The molecule has 1 aromatic heterocycles. The number of anilines is 1. The predicted octanol–water partition coefficient (Wildman–Crippen LogP) is 1.07. The highest BCUT2D eigenvalue weighted by atomic mass is 16.5. The first-order valence-corrected chi connectivity index (χ1v) is 6.52. The fourth-order valence-electron chi connectivity index (χ4n) is 1.78. The van der Waals surface area contributed by atoms with Crippen LogP contribution in [0.1, 0.15) is 16.1 Å². The Balaban J connectivity index is 1.83. The highest BCUT2D eigenvalue weighted by molar-refractivity contribution is 5.93. The first kappa shape index (κ1) is 14.6. The average Bonchev–Trinajstić information content (AvgIpc) is 2.43. The van der Waals surface area contributed by atoms with Crippen molar-refractivity contribution in [3.63, 3.8) is 0 Å². The topological polar surface area (TPSA) is 97.2 Å². The number of hydrogen-bond donors (Lipinski definition) is 3. The smallest absolute Gasteiger partial charge is 0.256 e. The summed E-state index contributed by atoms with van der Waals surface area (Å²) in [4.78, 5) is 26.3. The van der Waals surface area contributed by atoms with Gasteiger partial charge in [0.2, 0.25) is 0 Å². The number of carbonyl (C=O) groups is 1. The van der Waals surface area contributed by atoms with Crippen molar-refractivity contribution in [3.8, 4) is 5.75 Å². The van der Waals surface area contributed by atoms with Crippen molar-refractivity contribution in [2.75, 3.05) is 18.9 Å². The van der Waals surface area contributed by atoms with Crippen LogP contribution in [0.3, 0.4) is 0 Å². The van der Waals surface area contributed by atoms with Crippen LogP contribution in [0.15, 0.2) is 41.3 Å². The number of carbonyl (C=O) groups excluding carboxylic acids is 1. The van der Waals surface area contributed by atoms with E-state index in [9.17, 15) is 9.59 Å². The SMILES string of the molecule is Cc1cc(=O)c(C(=O)NCCOc2cccc(N)c2)c[nH]1. The number of rotatable bonds is 5. The molecule has 0 fully saturated rings. The summed E-state index contributed by atoms with van der Waals surface area (Å²) in [5.41, 5.74) is 6.73. The molecule has 6 nitrogen and oxygen atoms in total. The lowest BCUT2D eigenvalue weighted by atomic mass is 10.2. The first-order valence-electron chi connectivity index (χ1n) is 6.52. The first-order chi connectivity index (χ1) is 10.1. The molecule has 6 heteroatoms. The number of pyridine rings is 1. The Hall–Kier alpha value is -2.76. The molecule has 1 heterocycles. The molecule has 0 bridgehead atoms. The summed E-state index contributed by atoms with van der Waals surface area (Å²) in [7, 11) is 0. The van der Waals surface area contributed by atoms with Crippen molar-refractivity contribution in [1.29, 1.82) is 0 Å². The van der Waals surface area contributed by atoms with E-state index >= 15 is 0 Å². The van der Waals surface area contributed by atoms with Crippen molar-refractivity contribution in [2.45, 2.75) is 6.92 Å². The van der Waals surface area contributed by atoms with E-state index in [4.69, 9.17) is 10.5 Å². The lowest BCUT2D eigenvalue weighted by Gasteiger charge is -2.08. The van der Waals surface area contributed by atoms with Gasteiger partial charge in [-0.15, -0.1) is 0 Å². The third-order valence-electron chi connectivity index (χ3n) is 2.82. The number of ether oxygens (including phenoxy) is 1. The highest BCUT2D eigenvalue weighted by Gasteiger charge is 2.09. The van der Waals surface area contributed by atoms with Crippen LogP contribution in [0.2, 0.25) is 0 Å². The molecular weight excluding hydrogens is 270 g/mol. The molecule has 110 valence electrons. The molecule has 0 aliphatic heterocycles. The van der Waals surface area contributed by atoms with Gasteiger partial charge in [0.25, 0.3) is 5.91 Å². The van der Waals surface area contributed by atoms with E-state index in [2.05, 4.69) is 10.3 Å². The third-order valence-corrected chi connectivity index (χ3v) is 2.82. The second kappa shape index (κ2) is 6.60. The number of nitrogens with two attached hydrogens (primary N) is 1. The molecule has 0 radical (unpaired) electrons. The molecule has 0 aliphatic carbocycles. The van der Waals surface area contributed by atoms with Crippen molar-refractivity contribution < 1.29 is 9.53 Å². The molecule has 21 heavy (non-hydrogen) atoms. The third kappa shape index (κ3) is 4.10. The molecule has 4 N–H and O–H groups in total. The van der Waals surface area contributed by atoms with Crippen LogP contribution in [-0.2, 0) is 0 Å². The van der Waals surface area contributed by atoms with Crippen LogP contribution in [0, 0.1) is 6.92 Å². The maximum absolute atomic E-state index is 11.8. The Morgan fingerprint density at radius 1 is 1.38 bits per heavy atom. The minimum absolute atomic E-state index is 0.0876. The molecule has 0 spiro atoms. The van der Waals surface area contributed by atoms with Gasteiger partial charge in [-0.1, -0.05) is 6.07 Å². The van der Waals surface area contributed by atoms with E-state index in [0.29, 0.717) is 30.3 Å². The number of aromatic amines is 1. The molecule has 0 unspecified atom stereocenters. The second-order valence-corrected chi connectivity index (χ2v) is 4.57. The Kier molecular flexibility index (Phi) is 4.61. The van der Waals surface area contributed by atoms with E-state index < -0.39 is 5.91 Å². The number of hydrogen-bond acceptors (Lipinski definition) is 4. The monoisotopic (exact) mass is 287 g/mol. The fraction of sp³-hybridized carbons (Fsp3) is 0.200. The Morgan fingerprint density at radius 3 is 2.90 bits per heavy atom. The van der Waals surface area contributed by atoms with E-state index in [1.807, 2.05) is 0 Å². The minimum atomic E-state index is -0.424. The Morgan fingerprint density at radius 2 is 2.19 bits per heavy atom. The number of nitrogens with one attached hydrogen (secondary N) is 2. The summed E-state index contributed by atoms with van der Waals surface area (Å²) in [6.45, 7) is 2.34. The van der Waals surface area contributed by atoms with Crippen LogP contribution in [0.5, 0.6) is 5.75 Å². The summed E-state index contributed by atoms with van der Waals surface area (Å²) in [6.07, 6.45) is 1.41. The van der Waals surface area contributed by atoms with Crippen molar-refractivity contribution in [3.05, 3.63) is 58.0 Å². The summed E-state index contributed by atoms with van der Waals surface area (Å²) >= 11 is 0. The number of H-pyrrole nitrogens is 1. The zero-order valence-corrected chi connectivity index (χ0v) is 11.7. The summed E-state index contributed by atoms with van der Waals surface area (Å²) in [5, 5.41) is 2.63. The van der Waals surface area contributed by atoms with Gasteiger partial charge in [0.1, 0.15) is 17.9 Å². The molecule has 2 rings (SSSR count). The Labute approximate surface area is 121 Å². The summed E-state index contributed by atoms with van der Waals surface area (Å²) in [5.74, 6) is 0.213. The summed E-state index contributed by atoms with van der Waals surface area (Å²) in [6, 6.07) is 8.42. The zero-order chi connectivity index (χ0) is 15.2. The van der Waals surface area contributed by atoms with E-state index in [-0.39, 0.29) is 11.0 Å². The maximum atomic E-state index is 11.8. The standard InChI is InChI=1S/C15H17N3O3/c1-10-7-14(19)13(9-18-10)15(20)17-5-6-21-12-4-2-3-11(16)8-12/h2-4,7-9H,5-6,16H2,1H3,(H,17,20)(H,18,19). The average molecular weight is 287 g/mol. The Bertz CT molecular complexity index is 695. The van der Waals surface area contributed by atoms with Gasteiger partial charge in [0, 0.05) is 29.7 Å². The number of aryl methyl sites for hydroxylation is 1. The number of aromatic nitrogens is 1.